The van der Waals surface area contributed by atoms with Crippen molar-refractivity contribution >= 4 is 5.97 Å². The summed E-state index contributed by atoms with van der Waals surface area (Å²) >= 11 is 0. The molecule has 1 aliphatic rings. The minimum atomic E-state index is -1.25. The third-order valence-electron chi connectivity index (χ3n) is 4.50. The summed E-state index contributed by atoms with van der Waals surface area (Å²) < 4.78 is 5.02. The van der Waals surface area contributed by atoms with Gasteiger partial charge in [-0.15, -0.1) is 0 Å². The van der Waals surface area contributed by atoms with Gasteiger partial charge in [0.2, 0.25) is 0 Å². The molecule has 16 heavy (non-hydrogen) atoms. The highest BCUT2D eigenvalue weighted by Crippen LogP contribution is 2.57. The number of aliphatic hydroxyl groups is 2. The van der Waals surface area contributed by atoms with Crippen LogP contribution in [0.1, 0.15) is 40.5 Å². The number of ether oxygens (including phenoxy) is 1. The van der Waals surface area contributed by atoms with E-state index in [4.69, 9.17) is 4.74 Å². The molecule has 4 nitrogen and oxygen atoms in total. The van der Waals surface area contributed by atoms with E-state index >= 15 is 0 Å². The van der Waals surface area contributed by atoms with Crippen LogP contribution in [0.4, 0.5) is 0 Å². The maximum atomic E-state index is 11.9. The molecule has 1 fully saturated rings. The van der Waals surface area contributed by atoms with Crippen LogP contribution < -0.4 is 0 Å². The van der Waals surface area contributed by atoms with Gasteiger partial charge in [0.1, 0.15) is 0 Å². The Morgan fingerprint density at radius 3 is 2.25 bits per heavy atom. The monoisotopic (exact) mass is 230 g/mol. The Morgan fingerprint density at radius 2 is 1.88 bits per heavy atom. The lowest BCUT2D eigenvalue weighted by atomic mass is 9.67. The van der Waals surface area contributed by atoms with Crippen LogP contribution in [0, 0.1) is 10.8 Å². The van der Waals surface area contributed by atoms with Crippen molar-refractivity contribution in [2.24, 2.45) is 10.8 Å². The van der Waals surface area contributed by atoms with Gasteiger partial charge in [-0.05, 0) is 33.6 Å². The summed E-state index contributed by atoms with van der Waals surface area (Å²) in [5.74, 6) is -0.378. The van der Waals surface area contributed by atoms with Crippen molar-refractivity contribution in [2.75, 3.05) is 13.2 Å². The molecule has 0 bridgehead atoms. The minimum absolute atomic E-state index is 0.130. The SMILES string of the molecule is CCOC(=O)C1(C)CCC(C)(CO)C1(C)O. The number of rotatable bonds is 3. The van der Waals surface area contributed by atoms with E-state index in [-0.39, 0.29) is 12.6 Å². The van der Waals surface area contributed by atoms with Crippen molar-refractivity contribution in [3.8, 4) is 0 Å². The van der Waals surface area contributed by atoms with Gasteiger partial charge in [0, 0.05) is 5.41 Å². The van der Waals surface area contributed by atoms with E-state index < -0.39 is 16.4 Å². The third-order valence-corrected chi connectivity index (χ3v) is 4.50. The average Bonchev–Trinajstić information content (AvgIpc) is 2.41. The van der Waals surface area contributed by atoms with Crippen molar-refractivity contribution < 1.29 is 19.7 Å². The molecule has 0 amide bonds. The maximum Gasteiger partial charge on any atom is 0.314 e. The van der Waals surface area contributed by atoms with Gasteiger partial charge < -0.3 is 14.9 Å². The van der Waals surface area contributed by atoms with Crippen LogP contribution in [0.15, 0.2) is 0 Å². The van der Waals surface area contributed by atoms with Gasteiger partial charge in [-0.2, -0.15) is 0 Å². The molecule has 94 valence electrons. The van der Waals surface area contributed by atoms with Crippen LogP contribution in [0.25, 0.3) is 0 Å². The number of carbonyl (C=O) groups is 1. The van der Waals surface area contributed by atoms with Crippen LogP contribution in [-0.2, 0) is 9.53 Å². The fourth-order valence-electron chi connectivity index (χ4n) is 2.50. The Bertz CT molecular complexity index is 287. The minimum Gasteiger partial charge on any atom is -0.465 e. The first kappa shape index (κ1) is 13.5. The summed E-state index contributed by atoms with van der Waals surface area (Å²) in [5.41, 5.74) is -2.82. The molecule has 1 rings (SSSR count). The Balaban J connectivity index is 3.05. The molecule has 0 radical (unpaired) electrons. The molecule has 2 N–H and O–H groups in total. The molecule has 3 atom stereocenters. The van der Waals surface area contributed by atoms with E-state index in [1.165, 1.54) is 0 Å². The van der Waals surface area contributed by atoms with Gasteiger partial charge in [0.25, 0.3) is 0 Å². The van der Waals surface area contributed by atoms with Gasteiger partial charge in [-0.3, -0.25) is 4.79 Å². The van der Waals surface area contributed by atoms with E-state index in [1.54, 1.807) is 27.7 Å². The molecule has 0 aromatic heterocycles. The van der Waals surface area contributed by atoms with Crippen LogP contribution in [-0.4, -0.2) is 35.0 Å². The second-order valence-electron chi connectivity index (χ2n) is 5.34. The second kappa shape index (κ2) is 4.00. The molecular formula is C12H22O4. The summed E-state index contributed by atoms with van der Waals surface area (Å²) in [5, 5.41) is 20.0. The highest BCUT2D eigenvalue weighted by molar-refractivity contribution is 5.78. The first-order chi connectivity index (χ1) is 7.25. The van der Waals surface area contributed by atoms with Crippen molar-refractivity contribution in [2.45, 2.75) is 46.1 Å². The van der Waals surface area contributed by atoms with E-state index in [2.05, 4.69) is 0 Å². The van der Waals surface area contributed by atoms with Gasteiger partial charge in [-0.25, -0.2) is 0 Å². The molecule has 0 aromatic carbocycles. The molecular weight excluding hydrogens is 208 g/mol. The predicted molar refractivity (Wildman–Crippen MR) is 59.8 cm³/mol. The topological polar surface area (TPSA) is 66.8 Å². The lowest BCUT2D eigenvalue weighted by Crippen LogP contribution is -2.54. The molecule has 1 saturated carbocycles. The molecule has 0 aliphatic heterocycles. The van der Waals surface area contributed by atoms with Crippen LogP contribution in [0.2, 0.25) is 0 Å². The number of hydrogen-bond acceptors (Lipinski definition) is 4. The summed E-state index contributed by atoms with van der Waals surface area (Å²) in [6.07, 6.45) is 1.15. The molecule has 0 saturated heterocycles. The first-order valence-corrected chi connectivity index (χ1v) is 5.75. The quantitative estimate of drug-likeness (QED) is 0.712. The highest BCUT2D eigenvalue weighted by Gasteiger charge is 2.64. The van der Waals surface area contributed by atoms with Crippen molar-refractivity contribution in [1.29, 1.82) is 0 Å². The fraction of sp³-hybridized carbons (Fsp3) is 0.917. The third kappa shape index (κ3) is 1.55. The van der Waals surface area contributed by atoms with E-state index in [9.17, 15) is 15.0 Å². The second-order valence-corrected chi connectivity index (χ2v) is 5.34. The van der Waals surface area contributed by atoms with Crippen LogP contribution in [0.3, 0.4) is 0 Å². The number of hydrogen-bond donors (Lipinski definition) is 2. The Hall–Kier alpha value is -0.610. The summed E-state index contributed by atoms with van der Waals surface area (Å²) in [6.45, 7) is 7.06. The standard InChI is InChI=1S/C12H22O4/c1-5-16-9(14)11(3)7-6-10(2,8-13)12(11,4)15/h13,15H,5-8H2,1-4H3. The highest BCUT2D eigenvalue weighted by atomic mass is 16.5. The number of carbonyl (C=O) groups excluding carboxylic acids is 1. The molecule has 1 aliphatic carbocycles. The Morgan fingerprint density at radius 1 is 1.31 bits per heavy atom. The Labute approximate surface area is 96.6 Å². The number of aliphatic hydroxyl groups excluding tert-OH is 1. The Kier molecular flexibility index (Phi) is 3.37. The molecule has 0 spiro atoms. The maximum absolute atomic E-state index is 11.9. The zero-order valence-corrected chi connectivity index (χ0v) is 10.5. The zero-order chi connectivity index (χ0) is 12.6. The van der Waals surface area contributed by atoms with Crippen LogP contribution >= 0.6 is 0 Å². The molecule has 0 heterocycles. The van der Waals surface area contributed by atoms with E-state index in [1.807, 2.05) is 0 Å². The summed E-state index contributed by atoms with van der Waals surface area (Å²) in [4.78, 5) is 11.9. The summed E-state index contributed by atoms with van der Waals surface area (Å²) in [6, 6.07) is 0. The van der Waals surface area contributed by atoms with E-state index in [0.717, 1.165) is 0 Å². The van der Waals surface area contributed by atoms with Crippen molar-refractivity contribution in [3.63, 3.8) is 0 Å². The lowest BCUT2D eigenvalue weighted by Gasteiger charge is -2.43. The van der Waals surface area contributed by atoms with Gasteiger partial charge in [0.05, 0.1) is 24.2 Å². The van der Waals surface area contributed by atoms with Crippen molar-refractivity contribution in [3.05, 3.63) is 0 Å². The normalized spacial score (nSPS) is 43.4. The lowest BCUT2D eigenvalue weighted by molar-refractivity contribution is -0.179. The molecule has 4 heteroatoms. The fourth-order valence-corrected chi connectivity index (χ4v) is 2.50. The number of esters is 1. The largest absolute Gasteiger partial charge is 0.465 e. The average molecular weight is 230 g/mol. The van der Waals surface area contributed by atoms with Gasteiger partial charge >= 0.3 is 5.97 Å². The first-order valence-electron chi connectivity index (χ1n) is 5.75. The predicted octanol–water partition coefficient (Wildman–Crippen LogP) is 1.10. The van der Waals surface area contributed by atoms with Crippen LogP contribution in [0.5, 0.6) is 0 Å². The summed E-state index contributed by atoms with van der Waals surface area (Å²) in [7, 11) is 0. The molecule has 0 aromatic rings. The van der Waals surface area contributed by atoms with Gasteiger partial charge in [0.15, 0.2) is 0 Å². The van der Waals surface area contributed by atoms with Crippen molar-refractivity contribution in [1.82, 2.24) is 0 Å². The zero-order valence-electron chi connectivity index (χ0n) is 10.5. The molecule has 3 unspecified atom stereocenters. The van der Waals surface area contributed by atoms with E-state index in [0.29, 0.717) is 19.4 Å². The van der Waals surface area contributed by atoms with Gasteiger partial charge in [-0.1, -0.05) is 6.92 Å². The smallest absolute Gasteiger partial charge is 0.314 e.